The van der Waals surface area contributed by atoms with Gasteiger partial charge in [-0.1, -0.05) is 78.9 Å². The van der Waals surface area contributed by atoms with E-state index in [1.807, 2.05) is 84.6 Å². The molecule has 0 saturated carbocycles. The quantitative estimate of drug-likeness (QED) is 0.160. The fourth-order valence-corrected chi connectivity index (χ4v) is 8.58. The minimum Gasteiger partial charge on any atom is -0.352 e. The number of hydrogen-bond donors (Lipinski definition) is 0. The summed E-state index contributed by atoms with van der Waals surface area (Å²) in [5.74, 6) is -0.307. The summed E-state index contributed by atoms with van der Waals surface area (Å²) >= 11 is 0. The van der Waals surface area contributed by atoms with Crippen molar-refractivity contribution in [1.29, 1.82) is 0 Å². The molecule has 0 bridgehead atoms. The fourth-order valence-electron chi connectivity index (χ4n) is 6.83. The van der Waals surface area contributed by atoms with Gasteiger partial charge in [-0.05, 0) is 62.4 Å². The highest BCUT2D eigenvalue weighted by Crippen LogP contribution is 2.42. The van der Waals surface area contributed by atoms with Crippen molar-refractivity contribution in [3.8, 4) is 0 Å². The molecule has 0 saturated heterocycles. The van der Waals surface area contributed by atoms with Crippen LogP contribution in [0.5, 0.6) is 0 Å². The van der Waals surface area contributed by atoms with Crippen molar-refractivity contribution in [2.24, 2.45) is 9.98 Å². The van der Waals surface area contributed by atoms with E-state index in [2.05, 4.69) is 0 Å². The van der Waals surface area contributed by atoms with Gasteiger partial charge in [0.1, 0.15) is 12.3 Å². The van der Waals surface area contributed by atoms with Crippen molar-refractivity contribution >= 4 is 55.8 Å². The first kappa shape index (κ1) is 32.8. The first-order valence-corrected chi connectivity index (χ1v) is 17.6. The Kier molecular flexibility index (Phi) is 8.51. The van der Waals surface area contributed by atoms with Gasteiger partial charge in [-0.25, -0.2) is 18.4 Å². The van der Waals surface area contributed by atoms with Gasteiger partial charge in [0, 0.05) is 47.7 Å². The highest BCUT2D eigenvalue weighted by atomic mass is 32.2. The number of hydrogen-bond acceptors (Lipinski definition) is 8. The number of carbonyl (C=O) groups excluding carboxylic acids is 2. The number of para-hydroxylation sites is 4. The molecule has 0 N–H and O–H groups in total. The standard InChI is InChI=1S/C40H35N5O4S/c1-26(46)29-18-8-12-22-33(29)41-37-31-20-10-14-24-35(31)43(3)39(37)45(50(48,49)28-16-6-5-7-17-28)40-38(32-21-11-15-25-36(32)44(40)4)42-34-23-13-9-19-30(34)27(2)47/h5-25,39-40H,1-4H3/b41-37-,42-38-. The molecule has 0 amide bonds. The summed E-state index contributed by atoms with van der Waals surface area (Å²) < 4.78 is 32.1. The molecule has 2 unspecified atom stereocenters. The first-order chi connectivity index (χ1) is 24.1. The molecule has 9 nitrogen and oxygen atoms in total. The topological polar surface area (TPSA) is 103 Å². The average Bonchev–Trinajstić information content (AvgIpc) is 3.55. The Morgan fingerprint density at radius 3 is 1.38 bits per heavy atom. The van der Waals surface area contributed by atoms with Crippen LogP contribution in [-0.4, -0.2) is 62.1 Å². The zero-order valence-corrected chi connectivity index (χ0v) is 28.9. The van der Waals surface area contributed by atoms with Crippen molar-refractivity contribution in [2.45, 2.75) is 31.1 Å². The second kappa shape index (κ2) is 13.0. The molecule has 5 aromatic carbocycles. The molecule has 5 aromatic rings. The van der Waals surface area contributed by atoms with Gasteiger partial charge < -0.3 is 9.80 Å². The van der Waals surface area contributed by atoms with Crippen LogP contribution in [0.15, 0.2) is 142 Å². The number of sulfonamides is 1. The lowest BCUT2D eigenvalue weighted by Gasteiger charge is -2.40. The lowest BCUT2D eigenvalue weighted by Crippen LogP contribution is -2.61. The predicted molar refractivity (Wildman–Crippen MR) is 198 cm³/mol. The van der Waals surface area contributed by atoms with Crippen molar-refractivity contribution in [1.82, 2.24) is 4.31 Å². The van der Waals surface area contributed by atoms with E-state index in [1.165, 1.54) is 18.2 Å². The van der Waals surface area contributed by atoms with Gasteiger partial charge >= 0.3 is 0 Å². The minimum atomic E-state index is -4.32. The van der Waals surface area contributed by atoms with Crippen molar-refractivity contribution in [2.75, 3.05) is 23.9 Å². The molecule has 2 aliphatic rings. The summed E-state index contributed by atoms with van der Waals surface area (Å²) in [6.07, 6.45) is -1.96. The largest absolute Gasteiger partial charge is 0.352 e. The van der Waals surface area contributed by atoms with Crippen LogP contribution in [0.25, 0.3) is 0 Å². The molecule has 10 heteroatoms. The van der Waals surface area contributed by atoms with E-state index in [0.717, 1.165) is 22.5 Å². The minimum absolute atomic E-state index is 0.0979. The van der Waals surface area contributed by atoms with Crippen LogP contribution in [0.1, 0.15) is 45.7 Å². The average molecular weight is 682 g/mol. The molecule has 0 fully saturated rings. The molecule has 0 aliphatic carbocycles. The number of benzene rings is 5. The molecular formula is C40H35N5O4S. The van der Waals surface area contributed by atoms with Crippen LogP contribution in [-0.2, 0) is 10.0 Å². The van der Waals surface area contributed by atoms with Crippen LogP contribution in [0, 0.1) is 0 Å². The van der Waals surface area contributed by atoms with Crippen molar-refractivity contribution in [3.63, 3.8) is 0 Å². The highest BCUT2D eigenvalue weighted by molar-refractivity contribution is 7.89. The molecule has 0 radical (unpaired) electrons. The first-order valence-electron chi connectivity index (χ1n) is 16.2. The number of anilines is 2. The van der Waals surface area contributed by atoms with Crippen molar-refractivity contribution < 1.29 is 18.0 Å². The summed E-state index contributed by atoms with van der Waals surface area (Å²) in [6, 6.07) is 37.8. The summed E-state index contributed by atoms with van der Waals surface area (Å²) in [7, 11) is -0.623. The van der Waals surface area contributed by atoms with E-state index in [-0.39, 0.29) is 16.5 Å². The number of rotatable bonds is 8. The zero-order valence-electron chi connectivity index (χ0n) is 28.1. The Labute approximate surface area is 291 Å². The monoisotopic (exact) mass is 681 g/mol. The number of ketones is 2. The maximum absolute atomic E-state index is 15.3. The van der Waals surface area contributed by atoms with E-state index in [1.54, 1.807) is 66.7 Å². The predicted octanol–water partition coefficient (Wildman–Crippen LogP) is 7.28. The normalized spacial score (nSPS) is 18.5. The van der Waals surface area contributed by atoms with Gasteiger partial charge in [-0.2, -0.15) is 0 Å². The lowest BCUT2D eigenvalue weighted by molar-refractivity contribution is 0.101. The number of nitrogens with zero attached hydrogens (tertiary/aromatic N) is 5. The Morgan fingerprint density at radius 2 is 0.940 bits per heavy atom. The van der Waals surface area contributed by atoms with Crippen LogP contribution in [0.2, 0.25) is 0 Å². The maximum Gasteiger partial charge on any atom is 0.247 e. The summed E-state index contributed by atoms with van der Waals surface area (Å²) in [5.41, 5.74) is 5.70. The summed E-state index contributed by atoms with van der Waals surface area (Å²) in [5, 5.41) is 0. The number of Topliss-reactive ketones (excluding diaryl/α,β-unsaturated/α-hetero) is 2. The van der Waals surface area contributed by atoms with E-state index >= 15 is 8.42 Å². The molecule has 2 atom stereocenters. The second-order valence-corrected chi connectivity index (χ2v) is 14.1. The maximum atomic E-state index is 15.3. The van der Waals surface area contributed by atoms with Gasteiger partial charge in [0.2, 0.25) is 10.0 Å². The molecule has 2 heterocycles. The van der Waals surface area contributed by atoms with E-state index < -0.39 is 22.4 Å². The molecule has 50 heavy (non-hydrogen) atoms. The van der Waals surface area contributed by atoms with Crippen LogP contribution in [0.4, 0.5) is 22.7 Å². The van der Waals surface area contributed by atoms with Gasteiger partial charge in [0.15, 0.2) is 11.6 Å². The Balaban J connectivity index is 1.54. The third-order valence-corrected chi connectivity index (χ3v) is 11.0. The van der Waals surface area contributed by atoms with Crippen LogP contribution in [0.3, 0.4) is 0 Å². The molecule has 0 aromatic heterocycles. The van der Waals surface area contributed by atoms with Crippen LogP contribution >= 0.6 is 0 Å². The zero-order chi connectivity index (χ0) is 35.2. The highest BCUT2D eigenvalue weighted by Gasteiger charge is 2.51. The number of carbonyl (C=O) groups is 2. The Bertz CT molecular complexity index is 2190. The van der Waals surface area contributed by atoms with Gasteiger partial charge in [-0.15, -0.1) is 4.31 Å². The molecule has 0 spiro atoms. The number of fused-ring (bicyclic) bond motifs is 2. The summed E-state index contributed by atoms with van der Waals surface area (Å²) in [6.45, 7) is 2.98. The third kappa shape index (κ3) is 5.52. The second-order valence-electron chi connectivity index (χ2n) is 12.3. The molecule has 7 rings (SSSR count). The van der Waals surface area contributed by atoms with Crippen LogP contribution < -0.4 is 9.80 Å². The summed E-state index contributed by atoms with van der Waals surface area (Å²) in [4.78, 5) is 39.6. The van der Waals surface area contributed by atoms with E-state index in [9.17, 15) is 9.59 Å². The van der Waals surface area contributed by atoms with Gasteiger partial charge in [0.25, 0.3) is 0 Å². The number of likely N-dealkylation sites (N-methyl/N-ethyl adjacent to an activating group) is 2. The van der Waals surface area contributed by atoms with Gasteiger partial charge in [-0.3, -0.25) is 9.59 Å². The lowest BCUT2D eigenvalue weighted by atomic mass is 10.1. The Morgan fingerprint density at radius 1 is 0.560 bits per heavy atom. The number of aliphatic imine (C=N–C) groups is 2. The smallest absolute Gasteiger partial charge is 0.247 e. The van der Waals surface area contributed by atoms with Crippen molar-refractivity contribution in [3.05, 3.63) is 150 Å². The molecular weight excluding hydrogens is 647 g/mol. The van der Waals surface area contributed by atoms with E-state index in [4.69, 9.17) is 9.98 Å². The van der Waals surface area contributed by atoms with Gasteiger partial charge in [0.05, 0.1) is 27.7 Å². The molecule has 2 aliphatic heterocycles. The van der Waals surface area contributed by atoms with E-state index in [0.29, 0.717) is 33.9 Å². The molecule has 250 valence electrons. The Hall–Kier alpha value is -5.71. The fraction of sp³-hybridized carbons (Fsp3) is 0.150. The SMILES string of the molecule is CC(=O)c1ccccc1/N=C1/c2ccccc2N(C)C1N(C1/C(=N\c2ccccc2C(C)=O)c2ccccc2N1C)S(=O)(=O)c1ccccc1. The third-order valence-electron chi connectivity index (χ3n) is 9.19.